The molecule has 0 spiro atoms. The van der Waals surface area contributed by atoms with Crippen LogP contribution in [0.15, 0.2) is 59.0 Å². The van der Waals surface area contributed by atoms with Crippen molar-refractivity contribution >= 4 is 33.8 Å². The van der Waals surface area contributed by atoms with E-state index < -0.39 is 18.3 Å². The minimum atomic E-state index is -4.95. The first-order chi connectivity index (χ1) is 14.2. The van der Waals surface area contributed by atoms with Crippen molar-refractivity contribution in [3.63, 3.8) is 0 Å². The Morgan fingerprint density at radius 3 is 2.33 bits per heavy atom. The van der Waals surface area contributed by atoms with Crippen molar-refractivity contribution < 1.29 is 23.0 Å². The van der Waals surface area contributed by atoms with Gasteiger partial charge in [-0.2, -0.15) is 23.3 Å². The Morgan fingerprint density at radius 1 is 1.10 bits per heavy atom. The maximum Gasteiger partial charge on any atom is 0.438 e. The van der Waals surface area contributed by atoms with Gasteiger partial charge < -0.3 is 9.84 Å². The van der Waals surface area contributed by atoms with Crippen molar-refractivity contribution in [3.8, 4) is 17.0 Å². The Labute approximate surface area is 179 Å². The lowest BCUT2D eigenvalue weighted by molar-refractivity contribution is -0.254. The van der Waals surface area contributed by atoms with Crippen LogP contribution < -0.4 is 9.75 Å². The summed E-state index contributed by atoms with van der Waals surface area (Å²) in [5, 5.41) is 17.3. The molecule has 2 heterocycles. The van der Waals surface area contributed by atoms with E-state index in [0.29, 0.717) is 32.6 Å². The smallest absolute Gasteiger partial charge is 0.438 e. The fraction of sp³-hybridized carbons (Fsp3) is 0.200. The van der Waals surface area contributed by atoms with Crippen LogP contribution in [0.3, 0.4) is 0 Å². The highest BCUT2D eigenvalue weighted by molar-refractivity contribution is 7.14. The van der Waals surface area contributed by atoms with Crippen molar-refractivity contribution in [1.29, 1.82) is 0 Å². The molecule has 1 N–H and O–H groups in total. The number of methoxy groups -OCH3 is 1. The molecule has 1 aromatic heterocycles. The van der Waals surface area contributed by atoms with Gasteiger partial charge in [-0.05, 0) is 42.0 Å². The van der Waals surface area contributed by atoms with E-state index in [1.54, 1.807) is 53.9 Å². The summed E-state index contributed by atoms with van der Waals surface area (Å²) in [7, 11) is 1.49. The van der Waals surface area contributed by atoms with Crippen LogP contribution >= 0.6 is 22.9 Å². The molecule has 0 bridgehead atoms. The molecule has 0 fully saturated rings. The summed E-state index contributed by atoms with van der Waals surface area (Å²) in [6, 6.07) is 13.2. The molecule has 1 aliphatic heterocycles. The topological polar surface area (TPSA) is 58.0 Å². The van der Waals surface area contributed by atoms with E-state index in [2.05, 4.69) is 10.1 Å². The van der Waals surface area contributed by atoms with Gasteiger partial charge in [-0.3, -0.25) is 0 Å². The molecule has 0 saturated heterocycles. The van der Waals surface area contributed by atoms with Gasteiger partial charge in [0.1, 0.15) is 5.75 Å². The first-order valence-corrected chi connectivity index (χ1v) is 10.00. The zero-order valence-corrected chi connectivity index (χ0v) is 17.1. The van der Waals surface area contributed by atoms with Gasteiger partial charge in [0.15, 0.2) is 0 Å². The van der Waals surface area contributed by atoms with Gasteiger partial charge in [0, 0.05) is 16.0 Å². The minimum Gasteiger partial charge on any atom is -0.497 e. The Balaban J connectivity index is 1.72. The van der Waals surface area contributed by atoms with Crippen LogP contribution in [0.5, 0.6) is 5.75 Å². The maximum atomic E-state index is 13.8. The molecule has 3 aromatic rings. The number of aliphatic hydroxyl groups is 1. The van der Waals surface area contributed by atoms with E-state index in [1.807, 2.05) is 0 Å². The predicted octanol–water partition coefficient (Wildman–Crippen LogP) is 5.34. The number of halogens is 4. The van der Waals surface area contributed by atoms with Crippen LogP contribution in [0, 0.1) is 0 Å². The van der Waals surface area contributed by atoms with Crippen LogP contribution in [-0.2, 0) is 0 Å². The zero-order chi connectivity index (χ0) is 21.5. The molecule has 0 unspecified atom stereocenters. The third-order valence-corrected chi connectivity index (χ3v) is 5.74. The molecule has 5 nitrogen and oxygen atoms in total. The lowest BCUT2D eigenvalue weighted by atomic mass is 10.0. The van der Waals surface area contributed by atoms with E-state index in [-0.39, 0.29) is 10.8 Å². The Hall–Kier alpha value is -2.62. The van der Waals surface area contributed by atoms with Crippen LogP contribution in [-0.4, -0.2) is 34.8 Å². The number of ether oxygens (including phenoxy) is 1. The normalized spacial score (nSPS) is 19.1. The van der Waals surface area contributed by atoms with Crippen molar-refractivity contribution in [2.45, 2.75) is 18.3 Å². The molecule has 0 radical (unpaired) electrons. The predicted molar refractivity (Wildman–Crippen MR) is 110 cm³/mol. The second-order valence-corrected chi connectivity index (χ2v) is 7.87. The maximum absolute atomic E-state index is 13.8. The molecule has 10 heteroatoms. The molecule has 1 aliphatic rings. The van der Waals surface area contributed by atoms with Gasteiger partial charge in [-0.15, -0.1) is 11.3 Å². The largest absolute Gasteiger partial charge is 0.497 e. The second-order valence-electron chi connectivity index (χ2n) is 6.60. The standard InChI is InChI=1S/C20H15ClF3N3O2S/c1-29-15-8-4-12(5-9-15)16-10-19(28,20(22,23)24)27(26-16)18-25-17(11-30-18)13-2-6-14(21)7-3-13/h2-9,11,28H,10H2,1H3/t19-/m1/s1. The summed E-state index contributed by atoms with van der Waals surface area (Å²) in [5.41, 5.74) is -1.49. The van der Waals surface area contributed by atoms with Gasteiger partial charge in [-0.25, -0.2) is 4.98 Å². The number of hydrogen-bond donors (Lipinski definition) is 1. The summed E-state index contributed by atoms with van der Waals surface area (Å²) >= 11 is 6.84. The third-order valence-electron chi connectivity index (χ3n) is 4.68. The summed E-state index contributed by atoms with van der Waals surface area (Å²) in [6.45, 7) is 0. The molecule has 0 aliphatic carbocycles. The van der Waals surface area contributed by atoms with Crippen LogP contribution in [0.2, 0.25) is 5.02 Å². The molecule has 2 aromatic carbocycles. The summed E-state index contributed by atoms with van der Waals surface area (Å²) < 4.78 is 46.6. The van der Waals surface area contributed by atoms with E-state index in [0.717, 1.165) is 11.3 Å². The van der Waals surface area contributed by atoms with Crippen LogP contribution in [0.4, 0.5) is 18.3 Å². The highest BCUT2D eigenvalue weighted by Gasteiger charge is 2.62. The number of hydrazone groups is 1. The molecule has 0 amide bonds. The van der Waals surface area contributed by atoms with Gasteiger partial charge in [0.05, 0.1) is 24.9 Å². The van der Waals surface area contributed by atoms with Gasteiger partial charge in [-0.1, -0.05) is 23.7 Å². The number of rotatable bonds is 4. The van der Waals surface area contributed by atoms with Gasteiger partial charge >= 0.3 is 6.18 Å². The Bertz CT molecular complexity index is 1080. The third kappa shape index (κ3) is 3.64. The van der Waals surface area contributed by atoms with Gasteiger partial charge in [0.2, 0.25) is 5.13 Å². The number of alkyl halides is 3. The molecule has 4 rings (SSSR count). The van der Waals surface area contributed by atoms with E-state index in [1.165, 1.54) is 7.11 Å². The fourth-order valence-electron chi connectivity index (χ4n) is 3.03. The number of thiazole rings is 1. The molecular weight excluding hydrogens is 439 g/mol. The molecular formula is C20H15ClF3N3O2S. The van der Waals surface area contributed by atoms with E-state index in [9.17, 15) is 18.3 Å². The van der Waals surface area contributed by atoms with Crippen LogP contribution in [0.1, 0.15) is 12.0 Å². The SMILES string of the molecule is COc1ccc(C2=NN(c3nc(-c4ccc(Cl)cc4)cs3)[C@](O)(C(F)(F)F)C2)cc1. The Morgan fingerprint density at radius 2 is 1.73 bits per heavy atom. The van der Waals surface area contributed by atoms with E-state index in [4.69, 9.17) is 16.3 Å². The van der Waals surface area contributed by atoms with Crippen molar-refractivity contribution in [2.75, 3.05) is 12.1 Å². The van der Waals surface area contributed by atoms with Crippen molar-refractivity contribution in [1.82, 2.24) is 4.98 Å². The number of hydrogen-bond acceptors (Lipinski definition) is 6. The molecule has 30 heavy (non-hydrogen) atoms. The van der Waals surface area contributed by atoms with Crippen LogP contribution in [0.25, 0.3) is 11.3 Å². The monoisotopic (exact) mass is 453 g/mol. The second kappa shape index (κ2) is 7.57. The van der Waals surface area contributed by atoms with Gasteiger partial charge in [0.25, 0.3) is 5.72 Å². The highest BCUT2D eigenvalue weighted by atomic mass is 35.5. The number of anilines is 1. The number of aromatic nitrogens is 1. The van der Waals surface area contributed by atoms with Crippen molar-refractivity contribution in [3.05, 3.63) is 64.5 Å². The highest BCUT2D eigenvalue weighted by Crippen LogP contribution is 2.45. The first-order valence-electron chi connectivity index (χ1n) is 8.74. The average molecular weight is 454 g/mol. The Kier molecular flexibility index (Phi) is 5.21. The van der Waals surface area contributed by atoms with Crippen molar-refractivity contribution in [2.24, 2.45) is 5.10 Å². The lowest BCUT2D eigenvalue weighted by Crippen LogP contribution is -2.55. The zero-order valence-electron chi connectivity index (χ0n) is 15.5. The molecule has 0 saturated carbocycles. The fourth-order valence-corrected chi connectivity index (χ4v) is 4.00. The average Bonchev–Trinajstić information content (AvgIpc) is 3.33. The van der Waals surface area contributed by atoms with E-state index >= 15 is 0 Å². The molecule has 156 valence electrons. The number of benzene rings is 2. The minimum absolute atomic E-state index is 0.0664. The summed E-state index contributed by atoms with van der Waals surface area (Å²) in [4.78, 5) is 4.27. The molecule has 1 atom stereocenters. The first kappa shape index (κ1) is 20.6. The lowest BCUT2D eigenvalue weighted by Gasteiger charge is -2.32. The quantitative estimate of drug-likeness (QED) is 0.579. The number of nitrogens with zero attached hydrogens (tertiary/aromatic N) is 3. The summed E-state index contributed by atoms with van der Waals surface area (Å²) in [6.07, 6.45) is -5.67. The summed E-state index contributed by atoms with van der Waals surface area (Å²) in [5.74, 6) is 0.563.